The summed E-state index contributed by atoms with van der Waals surface area (Å²) in [6, 6.07) is -1.02. The van der Waals surface area contributed by atoms with Gasteiger partial charge in [-0.3, -0.25) is 9.59 Å². The summed E-state index contributed by atoms with van der Waals surface area (Å²) in [5.41, 5.74) is 10.2. The van der Waals surface area contributed by atoms with Gasteiger partial charge in [0.1, 0.15) is 12.6 Å². The number of aliphatic carboxylic acids is 1. The molecule has 0 saturated carbocycles. The van der Waals surface area contributed by atoms with Crippen molar-refractivity contribution < 1.29 is 19.4 Å². The Morgan fingerprint density at radius 3 is 2.40 bits per heavy atom. The van der Waals surface area contributed by atoms with E-state index in [9.17, 15) is 9.59 Å². The average Bonchev–Trinajstić information content (AvgIpc) is 2.09. The van der Waals surface area contributed by atoms with Crippen molar-refractivity contribution >= 4 is 11.9 Å². The molecule has 0 aromatic carbocycles. The fraction of sp³-hybridized carbons (Fsp3) is 0.778. The van der Waals surface area contributed by atoms with Gasteiger partial charge in [0.2, 0.25) is 0 Å². The molecule has 0 heterocycles. The van der Waals surface area contributed by atoms with Gasteiger partial charge < -0.3 is 21.3 Å². The Labute approximate surface area is 88.6 Å². The molecule has 0 bridgehead atoms. The Balaban J connectivity index is 3.72. The van der Waals surface area contributed by atoms with E-state index in [4.69, 9.17) is 21.3 Å². The zero-order valence-corrected chi connectivity index (χ0v) is 9.03. The minimum atomic E-state index is -1.12. The SMILES string of the molecule is CC(C)(N)COC(=O)CC[C@H](N)C(=O)O. The third-order valence-electron chi connectivity index (χ3n) is 1.58. The predicted molar refractivity (Wildman–Crippen MR) is 54.1 cm³/mol. The van der Waals surface area contributed by atoms with Gasteiger partial charge in [0.05, 0.1) is 0 Å². The number of hydrogen-bond acceptors (Lipinski definition) is 5. The molecule has 1 atom stereocenters. The lowest BCUT2D eigenvalue weighted by molar-refractivity contribution is -0.145. The second-order valence-corrected chi connectivity index (χ2v) is 4.13. The minimum Gasteiger partial charge on any atom is -0.480 e. The Morgan fingerprint density at radius 2 is 2.00 bits per heavy atom. The molecule has 0 spiro atoms. The molecule has 0 saturated heterocycles. The number of ether oxygens (including phenoxy) is 1. The monoisotopic (exact) mass is 218 g/mol. The van der Waals surface area contributed by atoms with E-state index < -0.39 is 23.5 Å². The number of carbonyl (C=O) groups is 2. The van der Waals surface area contributed by atoms with Crippen molar-refractivity contribution in [1.29, 1.82) is 0 Å². The number of hydrogen-bond donors (Lipinski definition) is 3. The van der Waals surface area contributed by atoms with E-state index in [2.05, 4.69) is 0 Å². The van der Waals surface area contributed by atoms with Crippen LogP contribution in [0.4, 0.5) is 0 Å². The van der Waals surface area contributed by atoms with Crippen LogP contribution in [0, 0.1) is 0 Å². The molecule has 6 heteroatoms. The van der Waals surface area contributed by atoms with Crippen LogP contribution in [0.15, 0.2) is 0 Å². The lowest BCUT2D eigenvalue weighted by Crippen LogP contribution is -2.38. The average molecular weight is 218 g/mol. The maximum Gasteiger partial charge on any atom is 0.320 e. The van der Waals surface area contributed by atoms with Crippen molar-refractivity contribution in [2.45, 2.75) is 38.3 Å². The topological polar surface area (TPSA) is 116 Å². The maximum atomic E-state index is 11.1. The summed E-state index contributed by atoms with van der Waals surface area (Å²) in [6.45, 7) is 3.56. The highest BCUT2D eigenvalue weighted by Gasteiger charge is 2.17. The van der Waals surface area contributed by atoms with E-state index >= 15 is 0 Å². The Kier molecular flexibility index (Phi) is 5.24. The van der Waals surface area contributed by atoms with Crippen LogP contribution in [0.3, 0.4) is 0 Å². The number of rotatable bonds is 6. The molecule has 88 valence electrons. The molecule has 0 aliphatic rings. The first-order chi connectivity index (χ1) is 6.72. The molecule has 0 radical (unpaired) electrons. The quantitative estimate of drug-likeness (QED) is 0.515. The molecular weight excluding hydrogens is 200 g/mol. The molecule has 0 aliphatic heterocycles. The number of carboxylic acids is 1. The molecule has 0 aromatic rings. The van der Waals surface area contributed by atoms with Crippen LogP contribution in [-0.4, -0.2) is 35.2 Å². The predicted octanol–water partition coefficient (Wildman–Crippen LogP) is -0.541. The summed E-state index contributed by atoms with van der Waals surface area (Å²) in [6.07, 6.45) is 0.0582. The summed E-state index contributed by atoms with van der Waals surface area (Å²) < 4.78 is 4.82. The van der Waals surface area contributed by atoms with Gasteiger partial charge in [0.25, 0.3) is 0 Å². The van der Waals surface area contributed by atoms with Gasteiger partial charge in [-0.15, -0.1) is 0 Å². The van der Waals surface area contributed by atoms with E-state index in [1.165, 1.54) is 0 Å². The lowest BCUT2D eigenvalue weighted by Gasteiger charge is -2.18. The van der Waals surface area contributed by atoms with Gasteiger partial charge in [-0.05, 0) is 20.3 Å². The third-order valence-corrected chi connectivity index (χ3v) is 1.58. The first-order valence-electron chi connectivity index (χ1n) is 4.65. The Bertz CT molecular complexity index is 235. The summed E-state index contributed by atoms with van der Waals surface area (Å²) in [7, 11) is 0. The van der Waals surface area contributed by atoms with E-state index in [0.29, 0.717) is 0 Å². The van der Waals surface area contributed by atoms with Gasteiger partial charge in [0.15, 0.2) is 0 Å². The summed E-state index contributed by atoms with van der Waals surface area (Å²) in [5.74, 6) is -1.60. The highest BCUT2D eigenvalue weighted by atomic mass is 16.5. The van der Waals surface area contributed by atoms with Crippen molar-refractivity contribution in [3.8, 4) is 0 Å². The van der Waals surface area contributed by atoms with Crippen LogP contribution in [0.2, 0.25) is 0 Å². The first-order valence-corrected chi connectivity index (χ1v) is 4.65. The van der Waals surface area contributed by atoms with Gasteiger partial charge in [-0.1, -0.05) is 0 Å². The number of esters is 1. The standard InChI is InChI=1S/C9H18N2O4/c1-9(2,11)5-15-7(12)4-3-6(10)8(13)14/h6H,3-5,10-11H2,1-2H3,(H,13,14)/t6-/m0/s1. The fourth-order valence-corrected chi connectivity index (χ4v) is 0.735. The second kappa shape index (κ2) is 5.67. The Hall–Kier alpha value is -1.14. The molecule has 0 aromatic heterocycles. The normalized spacial score (nSPS) is 13.3. The molecule has 0 amide bonds. The van der Waals surface area contributed by atoms with Gasteiger partial charge in [-0.2, -0.15) is 0 Å². The van der Waals surface area contributed by atoms with Gasteiger partial charge >= 0.3 is 11.9 Å². The minimum absolute atomic E-state index is 0.0104. The zero-order valence-electron chi connectivity index (χ0n) is 9.03. The molecule has 0 unspecified atom stereocenters. The first kappa shape index (κ1) is 13.9. The van der Waals surface area contributed by atoms with Crippen molar-refractivity contribution in [1.82, 2.24) is 0 Å². The number of carbonyl (C=O) groups excluding carboxylic acids is 1. The molecule has 5 N–H and O–H groups in total. The van der Waals surface area contributed by atoms with E-state index in [-0.39, 0.29) is 19.4 Å². The van der Waals surface area contributed by atoms with Gasteiger partial charge in [0, 0.05) is 12.0 Å². The fourth-order valence-electron chi connectivity index (χ4n) is 0.735. The van der Waals surface area contributed by atoms with E-state index in [0.717, 1.165) is 0 Å². The molecule has 0 rings (SSSR count). The molecular formula is C9H18N2O4. The number of carboxylic acid groups (broad SMARTS) is 1. The summed E-state index contributed by atoms with van der Waals surface area (Å²) in [5, 5.41) is 8.46. The van der Waals surface area contributed by atoms with Crippen LogP contribution in [-0.2, 0) is 14.3 Å². The van der Waals surface area contributed by atoms with E-state index in [1.807, 2.05) is 0 Å². The zero-order chi connectivity index (χ0) is 12.1. The second-order valence-electron chi connectivity index (χ2n) is 4.13. The van der Waals surface area contributed by atoms with Crippen molar-refractivity contribution in [3.05, 3.63) is 0 Å². The maximum absolute atomic E-state index is 11.1. The van der Waals surface area contributed by atoms with Crippen LogP contribution in [0.25, 0.3) is 0 Å². The smallest absolute Gasteiger partial charge is 0.320 e. The van der Waals surface area contributed by atoms with Crippen LogP contribution in [0.1, 0.15) is 26.7 Å². The molecule has 15 heavy (non-hydrogen) atoms. The molecule has 0 fully saturated rings. The van der Waals surface area contributed by atoms with Crippen molar-refractivity contribution in [3.63, 3.8) is 0 Å². The van der Waals surface area contributed by atoms with Crippen LogP contribution < -0.4 is 11.5 Å². The molecule has 0 aliphatic carbocycles. The largest absolute Gasteiger partial charge is 0.480 e. The molecule has 6 nitrogen and oxygen atoms in total. The summed E-state index contributed by atoms with van der Waals surface area (Å²) in [4.78, 5) is 21.4. The van der Waals surface area contributed by atoms with E-state index in [1.54, 1.807) is 13.8 Å². The van der Waals surface area contributed by atoms with Crippen LogP contribution in [0.5, 0.6) is 0 Å². The lowest BCUT2D eigenvalue weighted by atomic mass is 10.1. The summed E-state index contributed by atoms with van der Waals surface area (Å²) >= 11 is 0. The number of nitrogens with two attached hydrogens (primary N) is 2. The van der Waals surface area contributed by atoms with Crippen LogP contribution >= 0.6 is 0 Å². The Morgan fingerprint density at radius 1 is 1.47 bits per heavy atom. The van der Waals surface area contributed by atoms with Crippen molar-refractivity contribution in [2.75, 3.05) is 6.61 Å². The highest BCUT2D eigenvalue weighted by Crippen LogP contribution is 2.01. The third kappa shape index (κ3) is 7.90. The van der Waals surface area contributed by atoms with Gasteiger partial charge in [-0.25, -0.2) is 0 Å². The van der Waals surface area contributed by atoms with Crippen molar-refractivity contribution in [2.24, 2.45) is 11.5 Å². The highest BCUT2D eigenvalue weighted by molar-refractivity contribution is 5.75.